The number of benzene rings is 1. The fourth-order valence-corrected chi connectivity index (χ4v) is 3.02. The summed E-state index contributed by atoms with van der Waals surface area (Å²) in [4.78, 5) is 31.8. The second kappa shape index (κ2) is 6.33. The Kier molecular flexibility index (Phi) is 3.85. The van der Waals surface area contributed by atoms with Crippen molar-refractivity contribution in [1.29, 1.82) is 0 Å². The van der Waals surface area contributed by atoms with Crippen LogP contribution in [0.3, 0.4) is 0 Å². The maximum Gasteiger partial charge on any atom is 0.256 e. The molecule has 1 aromatic carbocycles. The lowest BCUT2D eigenvalue weighted by Crippen LogP contribution is -2.11. The third kappa shape index (κ3) is 2.77. The Morgan fingerprint density at radius 2 is 1.92 bits per heavy atom. The molecule has 3 heterocycles. The van der Waals surface area contributed by atoms with Gasteiger partial charge in [-0.05, 0) is 55.0 Å². The van der Waals surface area contributed by atoms with Crippen LogP contribution >= 0.6 is 0 Å². The molecule has 128 valence electrons. The van der Waals surface area contributed by atoms with Crippen molar-refractivity contribution in [3.05, 3.63) is 77.9 Å². The molecule has 0 saturated heterocycles. The molecule has 3 N–H and O–H groups in total. The van der Waals surface area contributed by atoms with Crippen LogP contribution in [0.25, 0.3) is 11.1 Å². The van der Waals surface area contributed by atoms with E-state index in [4.69, 9.17) is 0 Å². The summed E-state index contributed by atoms with van der Waals surface area (Å²) in [7, 11) is 0. The van der Waals surface area contributed by atoms with E-state index in [1.165, 1.54) is 0 Å². The average Bonchev–Trinajstić information content (AvgIpc) is 3.29. The Balaban J connectivity index is 1.70. The third-order valence-corrected chi connectivity index (χ3v) is 4.34. The Bertz CT molecular complexity index is 1020. The zero-order valence-corrected chi connectivity index (χ0v) is 14.0. The quantitative estimate of drug-likeness (QED) is 0.635. The predicted octanol–water partition coefficient (Wildman–Crippen LogP) is 3.54. The first-order chi connectivity index (χ1) is 12.6. The fraction of sp³-hybridized carbons (Fsp3) is 0.0500. The van der Waals surface area contributed by atoms with Crippen molar-refractivity contribution < 1.29 is 9.59 Å². The Hall–Kier alpha value is -3.67. The molecule has 0 unspecified atom stereocenters. The van der Waals surface area contributed by atoms with Crippen molar-refractivity contribution in [2.45, 2.75) is 6.92 Å². The first-order valence-electron chi connectivity index (χ1n) is 8.15. The minimum absolute atomic E-state index is 0.148. The number of hydrogen-bond acceptors (Lipinski definition) is 3. The van der Waals surface area contributed by atoms with Crippen LogP contribution in [0.4, 0.5) is 11.4 Å². The van der Waals surface area contributed by atoms with Gasteiger partial charge < -0.3 is 15.6 Å². The van der Waals surface area contributed by atoms with Crippen LogP contribution in [0, 0.1) is 0 Å². The van der Waals surface area contributed by atoms with Gasteiger partial charge in [0, 0.05) is 46.8 Å². The molecule has 6 nitrogen and oxygen atoms in total. The normalized spacial score (nSPS) is 14.6. The number of hydrogen-bond donors (Lipinski definition) is 3. The molecule has 1 aliphatic rings. The van der Waals surface area contributed by atoms with E-state index in [1.807, 2.05) is 31.3 Å². The maximum absolute atomic E-state index is 12.4. The van der Waals surface area contributed by atoms with Crippen LogP contribution in [-0.4, -0.2) is 21.8 Å². The number of rotatable bonds is 3. The van der Waals surface area contributed by atoms with Crippen molar-refractivity contribution in [3.8, 4) is 0 Å². The number of aromatic nitrogens is 2. The maximum atomic E-state index is 12.4. The summed E-state index contributed by atoms with van der Waals surface area (Å²) in [6.45, 7) is 1.90. The van der Waals surface area contributed by atoms with Gasteiger partial charge in [0.1, 0.15) is 0 Å². The molecule has 3 aromatic rings. The molecular weight excluding hydrogens is 328 g/mol. The van der Waals surface area contributed by atoms with Gasteiger partial charge in [-0.2, -0.15) is 0 Å². The predicted molar refractivity (Wildman–Crippen MR) is 101 cm³/mol. The molecule has 0 atom stereocenters. The zero-order valence-electron chi connectivity index (χ0n) is 14.0. The van der Waals surface area contributed by atoms with Crippen molar-refractivity contribution in [1.82, 2.24) is 9.97 Å². The van der Waals surface area contributed by atoms with Crippen LogP contribution in [0.1, 0.15) is 28.5 Å². The van der Waals surface area contributed by atoms with Crippen molar-refractivity contribution in [2.24, 2.45) is 0 Å². The van der Waals surface area contributed by atoms with Gasteiger partial charge in [0.25, 0.3) is 11.8 Å². The van der Waals surface area contributed by atoms with Crippen LogP contribution in [0.2, 0.25) is 0 Å². The number of amides is 2. The molecular formula is C20H16N4O2. The highest BCUT2D eigenvalue weighted by atomic mass is 16.2. The molecule has 0 bridgehead atoms. The summed E-state index contributed by atoms with van der Waals surface area (Å²) < 4.78 is 0. The van der Waals surface area contributed by atoms with Gasteiger partial charge in [-0.1, -0.05) is 0 Å². The number of allylic oxidation sites excluding steroid dienone is 1. The lowest BCUT2D eigenvalue weighted by atomic mass is 9.99. The molecule has 2 aromatic heterocycles. The number of H-pyrrole nitrogens is 1. The minimum Gasteiger partial charge on any atom is -0.361 e. The van der Waals surface area contributed by atoms with Crippen LogP contribution in [-0.2, 0) is 4.79 Å². The van der Waals surface area contributed by atoms with E-state index < -0.39 is 0 Å². The van der Waals surface area contributed by atoms with Gasteiger partial charge >= 0.3 is 0 Å². The second-order valence-electron chi connectivity index (χ2n) is 5.99. The van der Waals surface area contributed by atoms with E-state index in [9.17, 15) is 9.59 Å². The number of nitrogens with zero attached hydrogens (tertiary/aromatic N) is 1. The highest BCUT2D eigenvalue weighted by Crippen LogP contribution is 2.38. The molecule has 2 amide bonds. The second-order valence-corrected chi connectivity index (χ2v) is 5.99. The number of pyridine rings is 1. The topological polar surface area (TPSA) is 86.9 Å². The van der Waals surface area contributed by atoms with Gasteiger partial charge in [-0.25, -0.2) is 0 Å². The number of fused-ring (bicyclic) bond motifs is 1. The zero-order chi connectivity index (χ0) is 18.1. The lowest BCUT2D eigenvalue weighted by Gasteiger charge is -2.08. The standard InChI is InChI=1S/C20H16N4O2/c1-12(16-3-2-8-22-16)18-15-11-14(4-5-17(15)24-20(18)26)23-19(25)13-6-9-21-10-7-13/h2-11,22H,1H3,(H,23,25)(H,24,26)/b18-12+. The summed E-state index contributed by atoms with van der Waals surface area (Å²) in [6, 6.07) is 12.5. The highest BCUT2D eigenvalue weighted by Gasteiger charge is 2.27. The summed E-state index contributed by atoms with van der Waals surface area (Å²) >= 11 is 0. The average molecular weight is 344 g/mol. The largest absolute Gasteiger partial charge is 0.361 e. The van der Waals surface area contributed by atoms with E-state index >= 15 is 0 Å². The molecule has 0 aliphatic carbocycles. The smallest absolute Gasteiger partial charge is 0.256 e. The van der Waals surface area contributed by atoms with Gasteiger partial charge in [0.05, 0.1) is 5.57 Å². The summed E-state index contributed by atoms with van der Waals surface area (Å²) in [5, 5.41) is 5.73. The Morgan fingerprint density at radius 3 is 2.65 bits per heavy atom. The summed E-state index contributed by atoms with van der Waals surface area (Å²) in [6.07, 6.45) is 4.96. The molecule has 4 rings (SSSR count). The van der Waals surface area contributed by atoms with E-state index in [0.717, 1.165) is 22.5 Å². The molecule has 26 heavy (non-hydrogen) atoms. The van der Waals surface area contributed by atoms with Crippen molar-refractivity contribution >= 4 is 34.3 Å². The molecule has 0 spiro atoms. The van der Waals surface area contributed by atoms with Crippen LogP contribution in [0.5, 0.6) is 0 Å². The number of carbonyl (C=O) groups excluding carboxylic acids is 2. The lowest BCUT2D eigenvalue weighted by molar-refractivity contribution is -0.110. The molecule has 1 aliphatic heterocycles. The number of nitrogens with one attached hydrogen (secondary N) is 3. The minimum atomic E-state index is -0.226. The highest BCUT2D eigenvalue weighted by molar-refractivity contribution is 6.36. The van der Waals surface area contributed by atoms with Crippen LogP contribution in [0.15, 0.2) is 61.1 Å². The molecule has 0 fully saturated rings. The van der Waals surface area contributed by atoms with Gasteiger partial charge in [0.2, 0.25) is 0 Å². The monoisotopic (exact) mass is 344 g/mol. The Labute approximate surface area is 150 Å². The number of anilines is 2. The van der Waals surface area contributed by atoms with Crippen molar-refractivity contribution in [3.63, 3.8) is 0 Å². The van der Waals surface area contributed by atoms with Gasteiger partial charge in [-0.3, -0.25) is 14.6 Å². The summed E-state index contributed by atoms with van der Waals surface area (Å²) in [5.74, 6) is -0.374. The van der Waals surface area contributed by atoms with E-state index in [0.29, 0.717) is 16.8 Å². The summed E-state index contributed by atoms with van der Waals surface area (Å²) in [5.41, 5.74) is 4.99. The number of carbonyl (C=O) groups is 2. The van der Waals surface area contributed by atoms with Crippen molar-refractivity contribution in [2.75, 3.05) is 10.6 Å². The van der Waals surface area contributed by atoms with E-state index in [2.05, 4.69) is 20.6 Å². The van der Waals surface area contributed by atoms with Gasteiger partial charge in [0.15, 0.2) is 0 Å². The third-order valence-electron chi connectivity index (χ3n) is 4.34. The first-order valence-corrected chi connectivity index (χ1v) is 8.15. The molecule has 0 saturated carbocycles. The van der Waals surface area contributed by atoms with E-state index in [1.54, 1.807) is 36.7 Å². The fourth-order valence-electron chi connectivity index (χ4n) is 3.02. The first kappa shape index (κ1) is 15.8. The number of aromatic amines is 1. The molecule has 6 heteroatoms. The SMILES string of the molecule is C/C(=C1\C(=O)Nc2ccc(NC(=O)c3ccncc3)cc21)c1ccc[nH]1. The Morgan fingerprint density at radius 1 is 1.12 bits per heavy atom. The van der Waals surface area contributed by atoms with E-state index in [-0.39, 0.29) is 11.8 Å². The van der Waals surface area contributed by atoms with Crippen LogP contribution < -0.4 is 10.6 Å². The molecule has 0 radical (unpaired) electrons. The van der Waals surface area contributed by atoms with Gasteiger partial charge in [-0.15, -0.1) is 0 Å².